The second kappa shape index (κ2) is 9.12. The Morgan fingerprint density at radius 1 is 1.17 bits per heavy atom. The molecule has 0 saturated carbocycles. The summed E-state index contributed by atoms with van der Waals surface area (Å²) in [5, 5.41) is 2.99. The molecule has 1 aromatic carbocycles. The fourth-order valence-corrected chi connectivity index (χ4v) is 4.98. The van der Waals surface area contributed by atoms with Gasteiger partial charge in [-0.2, -0.15) is 0 Å². The molecular formula is C24H31NO3S. The summed E-state index contributed by atoms with van der Waals surface area (Å²) in [6.45, 7) is 10.4. The summed E-state index contributed by atoms with van der Waals surface area (Å²) in [7, 11) is 0. The third-order valence-corrected chi connectivity index (χ3v) is 6.72. The summed E-state index contributed by atoms with van der Waals surface area (Å²) < 4.78 is 5.33. The fraction of sp³-hybridized carbons (Fsp3) is 0.500. The van der Waals surface area contributed by atoms with E-state index in [1.54, 1.807) is 0 Å². The topological polar surface area (TPSA) is 55.4 Å². The Morgan fingerprint density at radius 3 is 2.45 bits per heavy atom. The molecule has 0 unspecified atom stereocenters. The van der Waals surface area contributed by atoms with Crippen molar-refractivity contribution in [1.82, 2.24) is 0 Å². The summed E-state index contributed by atoms with van der Waals surface area (Å²) >= 11 is 1.51. The molecule has 1 N–H and O–H groups in total. The van der Waals surface area contributed by atoms with Crippen molar-refractivity contribution in [2.75, 3.05) is 11.9 Å². The standard InChI is InChI=1S/C24H31NO3S/c1-14(2)18-7-6-8-19(15(3)4)23(18)25-22(26)13-28-24(27)21-12-17-11-16(5)9-10-20(17)29-21/h6-8,12,14-16H,9-11,13H2,1-5H3,(H,25,26)/t16-/m1/s1. The lowest BCUT2D eigenvalue weighted by Crippen LogP contribution is -2.22. The number of carbonyl (C=O) groups is 2. The van der Waals surface area contributed by atoms with Crippen molar-refractivity contribution in [2.24, 2.45) is 5.92 Å². The quantitative estimate of drug-likeness (QED) is 0.599. The van der Waals surface area contributed by atoms with Gasteiger partial charge in [-0.05, 0) is 59.8 Å². The molecule has 0 fully saturated rings. The molecule has 3 rings (SSSR count). The van der Waals surface area contributed by atoms with Gasteiger partial charge in [0.25, 0.3) is 5.91 Å². The average Bonchev–Trinajstić information content (AvgIpc) is 3.09. The molecule has 1 aromatic heterocycles. The number of benzene rings is 1. The summed E-state index contributed by atoms with van der Waals surface area (Å²) in [5.74, 6) is 0.511. The molecule has 0 radical (unpaired) electrons. The number of aryl methyl sites for hydroxylation is 1. The number of amides is 1. The smallest absolute Gasteiger partial charge is 0.348 e. The molecule has 4 nitrogen and oxygen atoms in total. The summed E-state index contributed by atoms with van der Waals surface area (Å²) in [6.07, 6.45) is 3.21. The van der Waals surface area contributed by atoms with Crippen molar-refractivity contribution >= 4 is 28.9 Å². The van der Waals surface area contributed by atoms with Gasteiger partial charge < -0.3 is 10.1 Å². The van der Waals surface area contributed by atoms with Crippen molar-refractivity contribution in [3.05, 3.63) is 50.7 Å². The van der Waals surface area contributed by atoms with E-state index >= 15 is 0 Å². The Balaban J connectivity index is 1.66. The fourth-order valence-electron chi connectivity index (χ4n) is 3.88. The number of rotatable bonds is 6. The lowest BCUT2D eigenvalue weighted by Gasteiger charge is -2.20. The minimum atomic E-state index is -0.409. The van der Waals surface area contributed by atoms with Gasteiger partial charge >= 0.3 is 5.97 Å². The van der Waals surface area contributed by atoms with Crippen LogP contribution in [0.1, 0.15) is 84.1 Å². The van der Waals surface area contributed by atoms with Gasteiger partial charge in [0.2, 0.25) is 0 Å². The lowest BCUT2D eigenvalue weighted by atomic mass is 9.90. The van der Waals surface area contributed by atoms with Crippen LogP contribution in [0.4, 0.5) is 5.69 Å². The third-order valence-electron chi connectivity index (χ3n) is 5.50. The Labute approximate surface area is 177 Å². The largest absolute Gasteiger partial charge is 0.451 e. The highest BCUT2D eigenvalue weighted by Gasteiger charge is 2.22. The van der Waals surface area contributed by atoms with E-state index in [9.17, 15) is 9.59 Å². The monoisotopic (exact) mass is 413 g/mol. The van der Waals surface area contributed by atoms with Crippen molar-refractivity contribution in [3.63, 3.8) is 0 Å². The Bertz CT molecular complexity index is 871. The van der Waals surface area contributed by atoms with Gasteiger partial charge in [0, 0.05) is 10.6 Å². The van der Waals surface area contributed by atoms with E-state index in [-0.39, 0.29) is 24.3 Å². The van der Waals surface area contributed by atoms with Crippen LogP contribution in [0.5, 0.6) is 0 Å². The number of ether oxygens (including phenoxy) is 1. The number of esters is 1. The second-order valence-corrected chi connectivity index (χ2v) is 9.79. The zero-order valence-corrected chi connectivity index (χ0v) is 18.8. The van der Waals surface area contributed by atoms with Crippen LogP contribution in [-0.4, -0.2) is 18.5 Å². The van der Waals surface area contributed by atoms with Gasteiger partial charge in [-0.1, -0.05) is 52.8 Å². The number of hydrogen-bond acceptors (Lipinski definition) is 4. The van der Waals surface area contributed by atoms with E-state index in [4.69, 9.17) is 4.74 Å². The molecular weight excluding hydrogens is 382 g/mol. The molecule has 1 amide bonds. The highest BCUT2D eigenvalue weighted by molar-refractivity contribution is 7.14. The van der Waals surface area contributed by atoms with Gasteiger partial charge in [-0.15, -0.1) is 11.3 Å². The molecule has 1 atom stereocenters. The Hall–Kier alpha value is -2.14. The number of thiophene rings is 1. The van der Waals surface area contributed by atoms with Crippen LogP contribution in [0.3, 0.4) is 0 Å². The summed E-state index contributed by atoms with van der Waals surface area (Å²) in [5.41, 5.74) is 4.29. The maximum atomic E-state index is 12.6. The maximum Gasteiger partial charge on any atom is 0.348 e. The highest BCUT2D eigenvalue weighted by atomic mass is 32.1. The van der Waals surface area contributed by atoms with Gasteiger partial charge in [0.05, 0.1) is 0 Å². The molecule has 1 aliphatic rings. The summed E-state index contributed by atoms with van der Waals surface area (Å²) in [6, 6.07) is 8.05. The van der Waals surface area contributed by atoms with E-state index in [1.807, 2.05) is 24.3 Å². The van der Waals surface area contributed by atoms with Crippen molar-refractivity contribution in [3.8, 4) is 0 Å². The number of carbonyl (C=O) groups excluding carboxylic acids is 2. The van der Waals surface area contributed by atoms with Crippen LogP contribution in [-0.2, 0) is 22.4 Å². The zero-order valence-electron chi connectivity index (χ0n) is 18.0. The minimum Gasteiger partial charge on any atom is -0.451 e. The number of hydrogen-bond donors (Lipinski definition) is 1. The number of para-hydroxylation sites is 1. The predicted octanol–water partition coefficient (Wildman–Crippen LogP) is 5.92. The minimum absolute atomic E-state index is 0.276. The van der Waals surface area contributed by atoms with E-state index in [0.717, 1.165) is 36.1 Å². The van der Waals surface area contributed by atoms with Crippen LogP contribution in [0.25, 0.3) is 0 Å². The third kappa shape index (κ3) is 5.08. The van der Waals surface area contributed by atoms with Crippen LogP contribution < -0.4 is 5.32 Å². The zero-order chi connectivity index (χ0) is 21.1. The molecule has 0 aliphatic heterocycles. The molecule has 1 aliphatic carbocycles. The van der Waals surface area contributed by atoms with Crippen molar-refractivity contribution in [2.45, 2.75) is 65.7 Å². The first-order chi connectivity index (χ1) is 13.8. The molecule has 29 heavy (non-hydrogen) atoms. The SMILES string of the molecule is CC(C)c1cccc(C(C)C)c1NC(=O)COC(=O)c1cc2c(s1)CC[C@@H](C)C2. The second-order valence-electron chi connectivity index (χ2n) is 8.65. The molecule has 0 spiro atoms. The molecule has 0 bridgehead atoms. The number of anilines is 1. The highest BCUT2D eigenvalue weighted by Crippen LogP contribution is 2.33. The van der Waals surface area contributed by atoms with Crippen LogP contribution in [0, 0.1) is 5.92 Å². The average molecular weight is 414 g/mol. The first kappa shape index (κ1) is 21.6. The molecule has 5 heteroatoms. The first-order valence-electron chi connectivity index (χ1n) is 10.5. The molecule has 156 valence electrons. The van der Waals surface area contributed by atoms with Gasteiger partial charge in [0.1, 0.15) is 4.88 Å². The van der Waals surface area contributed by atoms with Crippen molar-refractivity contribution < 1.29 is 14.3 Å². The molecule has 2 aromatic rings. The Kier molecular flexibility index (Phi) is 6.78. The van der Waals surface area contributed by atoms with Crippen LogP contribution in [0.15, 0.2) is 24.3 Å². The lowest BCUT2D eigenvalue weighted by molar-refractivity contribution is -0.119. The first-order valence-corrected chi connectivity index (χ1v) is 11.3. The predicted molar refractivity (Wildman–Crippen MR) is 119 cm³/mol. The molecule has 1 heterocycles. The number of fused-ring (bicyclic) bond motifs is 1. The van der Waals surface area contributed by atoms with E-state index in [0.29, 0.717) is 10.8 Å². The van der Waals surface area contributed by atoms with E-state index in [2.05, 4.69) is 39.9 Å². The normalized spacial score (nSPS) is 16.0. The van der Waals surface area contributed by atoms with E-state index in [1.165, 1.54) is 21.8 Å². The van der Waals surface area contributed by atoms with Crippen LogP contribution >= 0.6 is 11.3 Å². The van der Waals surface area contributed by atoms with Gasteiger partial charge in [-0.25, -0.2) is 4.79 Å². The number of nitrogens with one attached hydrogen (secondary N) is 1. The van der Waals surface area contributed by atoms with Gasteiger partial charge in [0.15, 0.2) is 6.61 Å². The van der Waals surface area contributed by atoms with Crippen molar-refractivity contribution in [1.29, 1.82) is 0 Å². The maximum absolute atomic E-state index is 12.6. The van der Waals surface area contributed by atoms with Gasteiger partial charge in [-0.3, -0.25) is 4.79 Å². The Morgan fingerprint density at radius 2 is 1.83 bits per heavy atom. The van der Waals surface area contributed by atoms with E-state index < -0.39 is 5.97 Å². The molecule has 0 saturated heterocycles. The van der Waals surface area contributed by atoms with Crippen LogP contribution in [0.2, 0.25) is 0 Å². The summed E-state index contributed by atoms with van der Waals surface area (Å²) in [4.78, 5) is 26.9.